The van der Waals surface area contributed by atoms with Gasteiger partial charge in [-0.05, 0) is 37.1 Å². The molecule has 17 heavy (non-hydrogen) atoms. The Bertz CT molecular complexity index is 298. The summed E-state index contributed by atoms with van der Waals surface area (Å²) in [6.07, 6.45) is 4.58. The summed E-state index contributed by atoms with van der Waals surface area (Å²) < 4.78 is 0. The topological polar surface area (TPSA) is 38.0 Å². The highest BCUT2D eigenvalue weighted by atomic mass is 35.5. The van der Waals surface area contributed by atoms with Crippen LogP contribution in [0.4, 0.5) is 0 Å². The predicted octanol–water partition coefficient (Wildman–Crippen LogP) is 2.99. The molecule has 0 aliphatic heterocycles. The number of hydrogen-bond donors (Lipinski definition) is 2. The quantitative estimate of drug-likeness (QED) is 0.700. The number of rotatable bonds is 8. The van der Waals surface area contributed by atoms with Crippen molar-refractivity contribution in [3.8, 4) is 0 Å². The zero-order valence-corrected chi connectivity index (χ0v) is 11.3. The summed E-state index contributed by atoms with van der Waals surface area (Å²) in [6.45, 7) is 4.08. The van der Waals surface area contributed by atoms with E-state index in [0.29, 0.717) is 6.04 Å². The third kappa shape index (κ3) is 6.67. The number of benzene rings is 1. The van der Waals surface area contributed by atoms with E-state index in [2.05, 4.69) is 24.4 Å². The molecule has 0 aliphatic rings. The van der Waals surface area contributed by atoms with Crippen LogP contribution in [0.2, 0.25) is 5.02 Å². The molecular formula is C14H23ClN2. The molecule has 0 spiro atoms. The van der Waals surface area contributed by atoms with Gasteiger partial charge in [0.2, 0.25) is 0 Å². The maximum Gasteiger partial charge on any atom is 0.0406 e. The number of unbranched alkanes of at least 4 members (excludes halogenated alkanes) is 1. The van der Waals surface area contributed by atoms with Gasteiger partial charge in [-0.2, -0.15) is 0 Å². The first kappa shape index (κ1) is 14.5. The summed E-state index contributed by atoms with van der Waals surface area (Å²) in [4.78, 5) is 0. The first-order valence-electron chi connectivity index (χ1n) is 6.43. The molecule has 3 N–H and O–H groups in total. The Morgan fingerprint density at radius 2 is 2.00 bits per heavy atom. The number of nitrogens with one attached hydrogen (secondary N) is 1. The molecule has 1 unspecified atom stereocenters. The zero-order chi connectivity index (χ0) is 12.5. The summed E-state index contributed by atoms with van der Waals surface area (Å²) in [5, 5.41) is 4.19. The van der Waals surface area contributed by atoms with E-state index in [1.54, 1.807) is 0 Å². The lowest BCUT2D eigenvalue weighted by atomic mass is 10.1. The maximum atomic E-state index is 5.98. The summed E-state index contributed by atoms with van der Waals surface area (Å²) in [6, 6.07) is 8.30. The highest BCUT2D eigenvalue weighted by Crippen LogP contribution is 2.09. The lowest BCUT2D eigenvalue weighted by molar-refractivity contribution is 0.526. The lowest BCUT2D eigenvalue weighted by Gasteiger charge is -2.12. The fourth-order valence-electron chi connectivity index (χ4n) is 1.74. The molecule has 0 aliphatic carbocycles. The van der Waals surface area contributed by atoms with Crippen LogP contribution in [-0.2, 0) is 6.42 Å². The molecule has 2 nitrogen and oxygen atoms in total. The van der Waals surface area contributed by atoms with E-state index < -0.39 is 0 Å². The SMILES string of the molecule is CCCCC(N)CNCCc1ccc(Cl)cc1. The van der Waals surface area contributed by atoms with E-state index in [1.165, 1.54) is 18.4 Å². The van der Waals surface area contributed by atoms with Crippen LogP contribution < -0.4 is 11.1 Å². The van der Waals surface area contributed by atoms with Gasteiger partial charge in [0.1, 0.15) is 0 Å². The number of halogens is 1. The Hall–Kier alpha value is -0.570. The van der Waals surface area contributed by atoms with E-state index in [1.807, 2.05) is 12.1 Å². The van der Waals surface area contributed by atoms with Crippen LogP contribution in [0.1, 0.15) is 31.7 Å². The first-order valence-corrected chi connectivity index (χ1v) is 6.81. The Morgan fingerprint density at radius 3 is 2.65 bits per heavy atom. The van der Waals surface area contributed by atoms with Gasteiger partial charge in [0, 0.05) is 17.6 Å². The average molecular weight is 255 g/mol. The van der Waals surface area contributed by atoms with Gasteiger partial charge < -0.3 is 11.1 Å². The first-order chi connectivity index (χ1) is 8.22. The molecule has 0 saturated carbocycles. The molecule has 0 aromatic heterocycles. The molecule has 1 aromatic carbocycles. The third-order valence-corrected chi connectivity index (χ3v) is 3.09. The summed E-state index contributed by atoms with van der Waals surface area (Å²) >= 11 is 5.83. The zero-order valence-electron chi connectivity index (χ0n) is 10.6. The minimum Gasteiger partial charge on any atom is -0.327 e. The molecule has 96 valence electrons. The Labute approximate surface area is 110 Å². The minimum atomic E-state index is 0.292. The number of nitrogens with two attached hydrogens (primary N) is 1. The van der Waals surface area contributed by atoms with Crippen molar-refractivity contribution in [3.05, 3.63) is 34.9 Å². The minimum absolute atomic E-state index is 0.292. The lowest BCUT2D eigenvalue weighted by Crippen LogP contribution is -2.34. The van der Waals surface area contributed by atoms with E-state index in [-0.39, 0.29) is 0 Å². The fraction of sp³-hybridized carbons (Fsp3) is 0.571. The van der Waals surface area contributed by atoms with Crippen LogP contribution in [0, 0.1) is 0 Å². The van der Waals surface area contributed by atoms with Crippen LogP contribution in [-0.4, -0.2) is 19.1 Å². The van der Waals surface area contributed by atoms with Gasteiger partial charge in [0.15, 0.2) is 0 Å². The van der Waals surface area contributed by atoms with Crippen molar-refractivity contribution in [3.63, 3.8) is 0 Å². The van der Waals surface area contributed by atoms with Gasteiger partial charge in [-0.1, -0.05) is 43.5 Å². The summed E-state index contributed by atoms with van der Waals surface area (Å²) in [5.74, 6) is 0. The van der Waals surface area contributed by atoms with Crippen molar-refractivity contribution in [2.24, 2.45) is 5.73 Å². The molecule has 0 fully saturated rings. The van der Waals surface area contributed by atoms with Gasteiger partial charge in [-0.25, -0.2) is 0 Å². The van der Waals surface area contributed by atoms with E-state index in [4.69, 9.17) is 17.3 Å². The molecule has 0 heterocycles. The Balaban J connectivity index is 2.09. The molecule has 0 saturated heterocycles. The van der Waals surface area contributed by atoms with Crippen LogP contribution in [0.3, 0.4) is 0 Å². The van der Waals surface area contributed by atoms with Crippen LogP contribution in [0.15, 0.2) is 24.3 Å². The van der Waals surface area contributed by atoms with Crippen molar-refractivity contribution >= 4 is 11.6 Å². The molecule has 0 bridgehead atoms. The van der Waals surface area contributed by atoms with Crippen LogP contribution in [0.5, 0.6) is 0 Å². The largest absolute Gasteiger partial charge is 0.327 e. The molecule has 3 heteroatoms. The third-order valence-electron chi connectivity index (χ3n) is 2.84. The van der Waals surface area contributed by atoms with Crippen molar-refractivity contribution in [1.82, 2.24) is 5.32 Å². The number of hydrogen-bond acceptors (Lipinski definition) is 2. The van der Waals surface area contributed by atoms with Gasteiger partial charge >= 0.3 is 0 Å². The smallest absolute Gasteiger partial charge is 0.0406 e. The highest BCUT2D eigenvalue weighted by Gasteiger charge is 2.00. The second kappa shape index (κ2) is 8.51. The maximum absolute atomic E-state index is 5.98. The summed E-state index contributed by atoms with van der Waals surface area (Å²) in [7, 11) is 0. The second-order valence-corrected chi connectivity index (χ2v) is 4.92. The highest BCUT2D eigenvalue weighted by molar-refractivity contribution is 6.30. The normalized spacial score (nSPS) is 12.6. The molecule has 1 atom stereocenters. The van der Waals surface area contributed by atoms with Crippen molar-refractivity contribution in [2.45, 2.75) is 38.6 Å². The molecule has 1 aromatic rings. The van der Waals surface area contributed by atoms with Gasteiger partial charge in [0.25, 0.3) is 0 Å². The monoisotopic (exact) mass is 254 g/mol. The van der Waals surface area contributed by atoms with Crippen LogP contribution >= 0.6 is 11.6 Å². The van der Waals surface area contributed by atoms with Crippen molar-refractivity contribution in [1.29, 1.82) is 0 Å². The van der Waals surface area contributed by atoms with E-state index >= 15 is 0 Å². The van der Waals surface area contributed by atoms with Crippen molar-refractivity contribution in [2.75, 3.05) is 13.1 Å². The summed E-state index contributed by atoms with van der Waals surface area (Å²) in [5.41, 5.74) is 7.29. The second-order valence-electron chi connectivity index (χ2n) is 4.48. The van der Waals surface area contributed by atoms with Gasteiger partial charge in [-0.15, -0.1) is 0 Å². The molecule has 1 rings (SSSR count). The molecule has 0 amide bonds. The Kier molecular flexibility index (Phi) is 7.25. The van der Waals surface area contributed by atoms with Gasteiger partial charge in [0.05, 0.1) is 0 Å². The predicted molar refractivity (Wildman–Crippen MR) is 75.5 cm³/mol. The fourth-order valence-corrected chi connectivity index (χ4v) is 1.87. The molecule has 0 radical (unpaired) electrons. The average Bonchev–Trinajstić information content (AvgIpc) is 2.34. The standard InChI is InChI=1S/C14H23ClN2/c1-2-3-4-14(16)11-17-10-9-12-5-7-13(15)8-6-12/h5-8,14,17H,2-4,9-11,16H2,1H3. The Morgan fingerprint density at radius 1 is 1.29 bits per heavy atom. The van der Waals surface area contributed by atoms with Crippen LogP contribution in [0.25, 0.3) is 0 Å². The molecular weight excluding hydrogens is 232 g/mol. The van der Waals surface area contributed by atoms with E-state index in [9.17, 15) is 0 Å². The van der Waals surface area contributed by atoms with E-state index in [0.717, 1.165) is 31.0 Å². The van der Waals surface area contributed by atoms with Crippen molar-refractivity contribution < 1.29 is 0 Å². The van der Waals surface area contributed by atoms with Gasteiger partial charge in [-0.3, -0.25) is 0 Å².